The average molecular weight is 369 g/mol. The molecule has 0 aliphatic heterocycles. The van der Waals surface area contributed by atoms with E-state index in [1.807, 2.05) is 0 Å². The van der Waals surface area contributed by atoms with E-state index in [4.69, 9.17) is 27.9 Å². The molecule has 0 saturated carbocycles. The number of hydrogen-bond acceptors (Lipinski definition) is 5. The number of amides is 1. The van der Waals surface area contributed by atoms with Crippen LogP contribution in [0.15, 0.2) is 24.3 Å². The fourth-order valence-electron chi connectivity index (χ4n) is 1.95. The maximum absolute atomic E-state index is 12.4. The maximum atomic E-state index is 12.4. The predicted molar refractivity (Wildman–Crippen MR) is 96.2 cm³/mol. The van der Waals surface area contributed by atoms with Crippen LogP contribution in [-0.4, -0.2) is 36.1 Å². The third-order valence-corrected chi connectivity index (χ3v) is 3.81. The SMILES string of the molecule is COCCCNc1nc(C)cc(C(=O)Nc2ccc(Cl)c(Cl)c2)n1. The van der Waals surface area contributed by atoms with Gasteiger partial charge >= 0.3 is 0 Å². The fourth-order valence-corrected chi connectivity index (χ4v) is 2.25. The number of methoxy groups -OCH3 is 1. The van der Waals surface area contributed by atoms with E-state index in [9.17, 15) is 4.79 Å². The molecule has 0 bridgehead atoms. The molecule has 2 N–H and O–H groups in total. The second kappa shape index (κ2) is 8.82. The minimum Gasteiger partial charge on any atom is -0.385 e. The molecule has 0 aliphatic carbocycles. The lowest BCUT2D eigenvalue weighted by Crippen LogP contribution is -2.16. The number of aromatic nitrogens is 2. The van der Waals surface area contributed by atoms with Crippen molar-refractivity contribution in [2.45, 2.75) is 13.3 Å². The Morgan fingerprint density at radius 3 is 2.71 bits per heavy atom. The van der Waals surface area contributed by atoms with E-state index in [0.29, 0.717) is 40.5 Å². The van der Waals surface area contributed by atoms with Crippen molar-refractivity contribution >= 4 is 40.7 Å². The third-order valence-electron chi connectivity index (χ3n) is 3.07. The molecule has 1 heterocycles. The largest absolute Gasteiger partial charge is 0.385 e. The maximum Gasteiger partial charge on any atom is 0.274 e. The number of anilines is 2. The standard InChI is InChI=1S/C16H18Cl2N4O2/c1-10-8-14(22-16(20-10)19-6-3-7-24-2)15(23)21-11-4-5-12(17)13(18)9-11/h4-5,8-9H,3,6-7H2,1-2H3,(H,21,23)(H,19,20,22). The van der Waals surface area contributed by atoms with E-state index in [1.54, 1.807) is 38.3 Å². The van der Waals surface area contributed by atoms with Crippen molar-refractivity contribution in [3.05, 3.63) is 45.7 Å². The van der Waals surface area contributed by atoms with Gasteiger partial charge in [-0.05, 0) is 37.6 Å². The number of halogens is 2. The predicted octanol–water partition coefficient (Wildman–Crippen LogP) is 3.79. The van der Waals surface area contributed by atoms with Crippen molar-refractivity contribution in [3.8, 4) is 0 Å². The van der Waals surface area contributed by atoms with Crippen LogP contribution in [0.5, 0.6) is 0 Å². The first kappa shape index (κ1) is 18.4. The van der Waals surface area contributed by atoms with Crippen LogP contribution in [-0.2, 0) is 4.74 Å². The number of ether oxygens (including phenoxy) is 1. The van der Waals surface area contributed by atoms with Gasteiger partial charge in [0.15, 0.2) is 0 Å². The number of hydrogen-bond donors (Lipinski definition) is 2. The Kier molecular flexibility index (Phi) is 6.78. The van der Waals surface area contributed by atoms with Gasteiger partial charge in [0.2, 0.25) is 5.95 Å². The van der Waals surface area contributed by atoms with Crippen molar-refractivity contribution in [2.24, 2.45) is 0 Å². The first-order chi connectivity index (χ1) is 11.5. The summed E-state index contributed by atoms with van der Waals surface area (Å²) in [6, 6.07) is 6.49. The second-order valence-corrected chi connectivity index (χ2v) is 5.89. The zero-order valence-corrected chi connectivity index (χ0v) is 14.9. The van der Waals surface area contributed by atoms with Gasteiger partial charge in [-0.2, -0.15) is 0 Å². The monoisotopic (exact) mass is 368 g/mol. The molecule has 0 saturated heterocycles. The van der Waals surface area contributed by atoms with E-state index in [1.165, 1.54) is 0 Å². The highest BCUT2D eigenvalue weighted by atomic mass is 35.5. The molecule has 0 aliphatic rings. The molecule has 1 aromatic carbocycles. The van der Waals surface area contributed by atoms with Crippen LogP contribution < -0.4 is 10.6 Å². The lowest BCUT2D eigenvalue weighted by atomic mass is 10.3. The molecule has 0 unspecified atom stereocenters. The summed E-state index contributed by atoms with van der Waals surface area (Å²) in [6.07, 6.45) is 0.818. The van der Waals surface area contributed by atoms with Crippen molar-refractivity contribution in [2.75, 3.05) is 30.9 Å². The number of aryl methyl sites for hydroxylation is 1. The summed E-state index contributed by atoms with van der Waals surface area (Å²) in [4.78, 5) is 20.9. The molecule has 2 rings (SSSR count). The molecule has 2 aromatic rings. The number of rotatable bonds is 7. The molecule has 1 amide bonds. The molecule has 128 valence electrons. The normalized spacial score (nSPS) is 10.5. The number of carbonyl (C=O) groups is 1. The topological polar surface area (TPSA) is 76.1 Å². The van der Waals surface area contributed by atoms with Crippen molar-refractivity contribution in [3.63, 3.8) is 0 Å². The number of benzene rings is 1. The molecule has 0 atom stereocenters. The number of nitrogens with one attached hydrogen (secondary N) is 2. The highest BCUT2D eigenvalue weighted by Gasteiger charge is 2.11. The van der Waals surface area contributed by atoms with Crippen molar-refractivity contribution in [1.82, 2.24) is 9.97 Å². The summed E-state index contributed by atoms with van der Waals surface area (Å²) in [7, 11) is 1.65. The number of carbonyl (C=O) groups excluding carboxylic acids is 1. The van der Waals surface area contributed by atoms with Crippen LogP contribution in [0, 0.1) is 6.92 Å². The summed E-state index contributed by atoms with van der Waals surface area (Å²) < 4.78 is 4.98. The van der Waals surface area contributed by atoms with E-state index >= 15 is 0 Å². The van der Waals surface area contributed by atoms with Crippen LogP contribution in [0.3, 0.4) is 0 Å². The Hall–Kier alpha value is -1.89. The summed E-state index contributed by atoms with van der Waals surface area (Å²) in [5.74, 6) is 0.0595. The Labute approximate surface area is 150 Å². The molecular formula is C16H18Cl2N4O2. The van der Waals surface area contributed by atoms with Gasteiger partial charge in [0.1, 0.15) is 5.69 Å². The third kappa shape index (κ3) is 5.33. The van der Waals surface area contributed by atoms with E-state index < -0.39 is 0 Å². The summed E-state index contributed by atoms with van der Waals surface area (Å²) in [6.45, 7) is 3.10. The molecular weight excluding hydrogens is 351 g/mol. The smallest absolute Gasteiger partial charge is 0.274 e. The summed E-state index contributed by atoms with van der Waals surface area (Å²) >= 11 is 11.8. The van der Waals surface area contributed by atoms with Gasteiger partial charge in [-0.15, -0.1) is 0 Å². The average Bonchev–Trinajstić information content (AvgIpc) is 2.54. The van der Waals surface area contributed by atoms with Gasteiger partial charge in [0, 0.05) is 31.6 Å². The Morgan fingerprint density at radius 1 is 1.21 bits per heavy atom. The van der Waals surface area contributed by atoms with Crippen LogP contribution in [0.25, 0.3) is 0 Å². The fraction of sp³-hybridized carbons (Fsp3) is 0.312. The lowest BCUT2D eigenvalue weighted by Gasteiger charge is -2.09. The van der Waals surface area contributed by atoms with Gasteiger partial charge < -0.3 is 15.4 Å². The van der Waals surface area contributed by atoms with Crippen LogP contribution in [0.2, 0.25) is 10.0 Å². The first-order valence-electron chi connectivity index (χ1n) is 7.34. The Balaban J connectivity index is 2.07. The molecule has 0 fully saturated rings. The second-order valence-electron chi connectivity index (χ2n) is 5.07. The minimum atomic E-state index is -0.348. The van der Waals surface area contributed by atoms with Crippen molar-refractivity contribution < 1.29 is 9.53 Å². The Morgan fingerprint density at radius 2 is 2.00 bits per heavy atom. The van der Waals surface area contributed by atoms with Gasteiger partial charge in [-0.3, -0.25) is 4.79 Å². The minimum absolute atomic E-state index is 0.266. The molecule has 6 nitrogen and oxygen atoms in total. The first-order valence-corrected chi connectivity index (χ1v) is 8.10. The van der Waals surface area contributed by atoms with Gasteiger partial charge in [0.25, 0.3) is 5.91 Å². The van der Waals surface area contributed by atoms with Crippen molar-refractivity contribution in [1.29, 1.82) is 0 Å². The van der Waals surface area contributed by atoms with Gasteiger partial charge in [-0.25, -0.2) is 9.97 Å². The Bertz CT molecular complexity index is 725. The highest BCUT2D eigenvalue weighted by Crippen LogP contribution is 2.25. The highest BCUT2D eigenvalue weighted by molar-refractivity contribution is 6.42. The summed E-state index contributed by atoms with van der Waals surface area (Å²) in [5.41, 5.74) is 1.50. The molecule has 24 heavy (non-hydrogen) atoms. The zero-order chi connectivity index (χ0) is 17.5. The summed E-state index contributed by atoms with van der Waals surface area (Å²) in [5, 5.41) is 6.61. The van der Waals surface area contributed by atoms with E-state index in [2.05, 4.69) is 20.6 Å². The zero-order valence-electron chi connectivity index (χ0n) is 13.4. The van der Waals surface area contributed by atoms with Crippen LogP contribution >= 0.6 is 23.2 Å². The molecule has 0 spiro atoms. The van der Waals surface area contributed by atoms with Gasteiger partial charge in [0.05, 0.1) is 10.0 Å². The van der Waals surface area contributed by atoms with Gasteiger partial charge in [-0.1, -0.05) is 23.2 Å². The number of nitrogens with zero attached hydrogens (tertiary/aromatic N) is 2. The molecule has 8 heteroatoms. The molecule has 0 radical (unpaired) electrons. The molecule has 1 aromatic heterocycles. The quantitative estimate of drug-likeness (QED) is 0.727. The van der Waals surface area contributed by atoms with Crippen LogP contribution in [0.1, 0.15) is 22.6 Å². The van der Waals surface area contributed by atoms with Crippen LogP contribution in [0.4, 0.5) is 11.6 Å². The van der Waals surface area contributed by atoms with E-state index in [-0.39, 0.29) is 11.6 Å². The van der Waals surface area contributed by atoms with E-state index in [0.717, 1.165) is 6.42 Å². The lowest BCUT2D eigenvalue weighted by molar-refractivity contribution is 0.102.